The van der Waals surface area contributed by atoms with Crippen molar-refractivity contribution in [3.8, 4) is 0 Å². The van der Waals surface area contributed by atoms with Crippen LogP contribution in [0.3, 0.4) is 0 Å². The van der Waals surface area contributed by atoms with E-state index in [4.69, 9.17) is 0 Å². The molecule has 3 heteroatoms. The summed E-state index contributed by atoms with van der Waals surface area (Å²) in [7, 11) is 1.68. The highest BCUT2D eigenvalue weighted by atomic mass is 19.1. The second-order valence-corrected chi connectivity index (χ2v) is 2.62. The molecule has 0 radical (unpaired) electrons. The van der Waals surface area contributed by atoms with E-state index in [1.54, 1.807) is 25.4 Å². The molecule has 0 unspecified atom stereocenters. The first kappa shape index (κ1) is 9.58. The van der Waals surface area contributed by atoms with Gasteiger partial charge in [0.15, 0.2) is 0 Å². The SMILES string of the molecule is CN=CC(C)=Nc1ccc(F)cc1. The zero-order chi connectivity index (χ0) is 9.68. The van der Waals surface area contributed by atoms with Crippen molar-refractivity contribution in [2.24, 2.45) is 9.98 Å². The van der Waals surface area contributed by atoms with Gasteiger partial charge in [-0.2, -0.15) is 0 Å². The van der Waals surface area contributed by atoms with Gasteiger partial charge in [-0.05, 0) is 31.2 Å². The Balaban J connectivity index is 2.85. The van der Waals surface area contributed by atoms with Gasteiger partial charge in [-0.15, -0.1) is 0 Å². The summed E-state index contributed by atoms with van der Waals surface area (Å²) in [6, 6.07) is 6.02. The Morgan fingerprint density at radius 1 is 1.31 bits per heavy atom. The monoisotopic (exact) mass is 178 g/mol. The summed E-state index contributed by atoms with van der Waals surface area (Å²) in [5.41, 5.74) is 1.54. The molecule has 0 atom stereocenters. The Morgan fingerprint density at radius 3 is 2.46 bits per heavy atom. The number of rotatable bonds is 2. The molecular formula is C10H11FN2. The molecule has 0 bridgehead atoms. The Morgan fingerprint density at radius 2 is 1.92 bits per heavy atom. The van der Waals surface area contributed by atoms with E-state index in [2.05, 4.69) is 9.98 Å². The van der Waals surface area contributed by atoms with Crippen LogP contribution in [0, 0.1) is 5.82 Å². The number of nitrogens with zero attached hydrogens (tertiary/aromatic N) is 2. The van der Waals surface area contributed by atoms with E-state index in [0.717, 1.165) is 11.4 Å². The summed E-state index contributed by atoms with van der Waals surface area (Å²) in [6.45, 7) is 1.84. The van der Waals surface area contributed by atoms with Crippen LogP contribution in [-0.4, -0.2) is 19.0 Å². The van der Waals surface area contributed by atoms with Crippen LogP contribution in [0.2, 0.25) is 0 Å². The topological polar surface area (TPSA) is 24.7 Å². The van der Waals surface area contributed by atoms with Crippen LogP contribution in [0.1, 0.15) is 6.92 Å². The fourth-order valence-electron chi connectivity index (χ4n) is 0.935. The van der Waals surface area contributed by atoms with Crippen molar-refractivity contribution in [2.75, 3.05) is 7.05 Å². The Hall–Kier alpha value is -1.51. The number of benzene rings is 1. The zero-order valence-electron chi connectivity index (χ0n) is 7.66. The minimum Gasteiger partial charge on any atom is -0.295 e. The van der Waals surface area contributed by atoms with Gasteiger partial charge in [0, 0.05) is 13.3 Å². The van der Waals surface area contributed by atoms with Crippen LogP contribution >= 0.6 is 0 Å². The third-order valence-electron chi connectivity index (χ3n) is 1.45. The smallest absolute Gasteiger partial charge is 0.123 e. The molecule has 0 saturated carbocycles. The molecule has 0 heterocycles. The zero-order valence-corrected chi connectivity index (χ0v) is 7.66. The number of halogens is 1. The number of hydrogen-bond donors (Lipinski definition) is 0. The van der Waals surface area contributed by atoms with E-state index in [1.807, 2.05) is 6.92 Å². The van der Waals surface area contributed by atoms with Crippen molar-refractivity contribution >= 4 is 17.6 Å². The molecule has 0 aromatic heterocycles. The third-order valence-corrected chi connectivity index (χ3v) is 1.45. The maximum absolute atomic E-state index is 12.5. The molecule has 1 aromatic rings. The highest BCUT2D eigenvalue weighted by Gasteiger charge is 1.91. The molecule has 0 fully saturated rings. The van der Waals surface area contributed by atoms with Gasteiger partial charge < -0.3 is 0 Å². The molecule has 1 aromatic carbocycles. The van der Waals surface area contributed by atoms with Crippen molar-refractivity contribution < 1.29 is 4.39 Å². The van der Waals surface area contributed by atoms with Crippen molar-refractivity contribution in [2.45, 2.75) is 6.92 Å². The van der Waals surface area contributed by atoms with Crippen LogP contribution in [0.25, 0.3) is 0 Å². The fraction of sp³-hybridized carbons (Fsp3) is 0.200. The van der Waals surface area contributed by atoms with Crippen LogP contribution in [0.15, 0.2) is 34.3 Å². The molecule has 0 aliphatic carbocycles. The Kier molecular flexibility index (Phi) is 3.31. The van der Waals surface area contributed by atoms with E-state index >= 15 is 0 Å². The molecular weight excluding hydrogens is 167 g/mol. The summed E-state index contributed by atoms with van der Waals surface area (Å²) in [4.78, 5) is 8.01. The summed E-state index contributed by atoms with van der Waals surface area (Å²) < 4.78 is 12.5. The van der Waals surface area contributed by atoms with Crippen LogP contribution in [0.5, 0.6) is 0 Å². The molecule has 0 aliphatic rings. The number of aliphatic imine (C=N–C) groups is 2. The van der Waals surface area contributed by atoms with E-state index in [9.17, 15) is 4.39 Å². The van der Waals surface area contributed by atoms with E-state index in [1.165, 1.54) is 12.1 Å². The lowest BCUT2D eigenvalue weighted by atomic mass is 10.3. The summed E-state index contributed by atoms with van der Waals surface area (Å²) >= 11 is 0. The van der Waals surface area contributed by atoms with Gasteiger partial charge in [-0.25, -0.2) is 4.39 Å². The maximum Gasteiger partial charge on any atom is 0.123 e. The van der Waals surface area contributed by atoms with Gasteiger partial charge in [0.2, 0.25) is 0 Å². The molecule has 2 nitrogen and oxygen atoms in total. The molecule has 0 spiro atoms. The predicted molar refractivity (Wildman–Crippen MR) is 53.6 cm³/mol. The molecule has 0 N–H and O–H groups in total. The quantitative estimate of drug-likeness (QED) is 0.622. The van der Waals surface area contributed by atoms with Crippen molar-refractivity contribution in [3.63, 3.8) is 0 Å². The van der Waals surface area contributed by atoms with Crippen LogP contribution in [-0.2, 0) is 0 Å². The lowest BCUT2D eigenvalue weighted by Gasteiger charge is -1.94. The van der Waals surface area contributed by atoms with E-state index in [0.29, 0.717) is 0 Å². The van der Waals surface area contributed by atoms with Crippen LogP contribution < -0.4 is 0 Å². The molecule has 0 aliphatic heterocycles. The van der Waals surface area contributed by atoms with Gasteiger partial charge >= 0.3 is 0 Å². The van der Waals surface area contributed by atoms with Gasteiger partial charge in [-0.3, -0.25) is 9.98 Å². The fourth-order valence-corrected chi connectivity index (χ4v) is 0.935. The second-order valence-electron chi connectivity index (χ2n) is 2.62. The highest BCUT2D eigenvalue weighted by Crippen LogP contribution is 2.11. The molecule has 0 saturated heterocycles. The van der Waals surface area contributed by atoms with Gasteiger partial charge in [0.25, 0.3) is 0 Å². The highest BCUT2D eigenvalue weighted by molar-refractivity contribution is 6.30. The van der Waals surface area contributed by atoms with Crippen molar-refractivity contribution in [1.29, 1.82) is 0 Å². The lowest BCUT2D eigenvalue weighted by molar-refractivity contribution is 0.628. The van der Waals surface area contributed by atoms with Crippen molar-refractivity contribution in [1.82, 2.24) is 0 Å². The van der Waals surface area contributed by atoms with Crippen LogP contribution in [0.4, 0.5) is 10.1 Å². The van der Waals surface area contributed by atoms with E-state index in [-0.39, 0.29) is 5.82 Å². The first-order valence-corrected chi connectivity index (χ1v) is 3.95. The van der Waals surface area contributed by atoms with Gasteiger partial charge in [0.1, 0.15) is 5.82 Å². The number of hydrogen-bond acceptors (Lipinski definition) is 2. The lowest BCUT2D eigenvalue weighted by Crippen LogP contribution is -1.90. The van der Waals surface area contributed by atoms with Gasteiger partial charge in [-0.1, -0.05) is 0 Å². The first-order valence-electron chi connectivity index (χ1n) is 3.95. The summed E-state index contributed by atoms with van der Waals surface area (Å²) in [5.74, 6) is -0.249. The maximum atomic E-state index is 12.5. The summed E-state index contributed by atoms with van der Waals surface area (Å²) in [5, 5.41) is 0. The molecule has 68 valence electrons. The first-order chi connectivity index (χ1) is 6.22. The van der Waals surface area contributed by atoms with E-state index < -0.39 is 0 Å². The van der Waals surface area contributed by atoms with Crippen molar-refractivity contribution in [3.05, 3.63) is 30.1 Å². The average molecular weight is 178 g/mol. The average Bonchev–Trinajstić information content (AvgIpc) is 2.09. The Bertz CT molecular complexity index is 325. The van der Waals surface area contributed by atoms with Gasteiger partial charge in [0.05, 0.1) is 11.4 Å². The summed E-state index contributed by atoms with van der Waals surface area (Å²) in [6.07, 6.45) is 1.66. The standard InChI is InChI=1S/C10H11FN2/c1-8(7-12-2)13-10-5-3-9(11)4-6-10/h3-7H,1-2H3. The molecule has 1 rings (SSSR count). The predicted octanol–water partition coefficient (Wildman–Crippen LogP) is 2.62. The molecule has 0 amide bonds. The minimum absolute atomic E-state index is 0.249. The third kappa shape index (κ3) is 3.15. The minimum atomic E-state index is -0.249. The second kappa shape index (κ2) is 4.50. The largest absolute Gasteiger partial charge is 0.295 e. The Labute approximate surface area is 76.8 Å². The normalized spacial score (nSPS) is 12.4. The molecule has 13 heavy (non-hydrogen) atoms.